The van der Waals surface area contributed by atoms with Crippen molar-refractivity contribution in [3.63, 3.8) is 0 Å². The molecular formula is C15H17NO2S. The number of hydrogen-bond acceptors (Lipinski definition) is 4. The van der Waals surface area contributed by atoms with E-state index < -0.39 is 0 Å². The third-order valence-corrected chi connectivity index (χ3v) is 4.40. The van der Waals surface area contributed by atoms with Crippen molar-refractivity contribution in [1.29, 1.82) is 0 Å². The number of aromatic nitrogens is 1. The molecule has 4 heteroatoms. The molecule has 0 radical (unpaired) electrons. The van der Waals surface area contributed by atoms with Gasteiger partial charge in [0.25, 0.3) is 0 Å². The van der Waals surface area contributed by atoms with Gasteiger partial charge < -0.3 is 9.47 Å². The fourth-order valence-corrected chi connectivity index (χ4v) is 2.98. The Bertz CT molecular complexity index is 567. The highest BCUT2D eigenvalue weighted by molar-refractivity contribution is 7.09. The maximum absolute atomic E-state index is 5.97. The van der Waals surface area contributed by atoms with Gasteiger partial charge >= 0.3 is 0 Å². The Balaban J connectivity index is 1.79. The summed E-state index contributed by atoms with van der Waals surface area (Å²) in [4.78, 5) is 4.69. The topological polar surface area (TPSA) is 31.4 Å². The van der Waals surface area contributed by atoms with Crippen LogP contribution in [0.3, 0.4) is 0 Å². The number of ether oxygens (including phenoxy) is 2. The molecule has 0 amide bonds. The highest BCUT2D eigenvalue weighted by Crippen LogP contribution is 2.37. The molecule has 100 valence electrons. The van der Waals surface area contributed by atoms with E-state index in [2.05, 4.69) is 19.2 Å². The summed E-state index contributed by atoms with van der Waals surface area (Å²) in [6, 6.07) is 7.77. The zero-order valence-electron chi connectivity index (χ0n) is 11.1. The monoisotopic (exact) mass is 275 g/mol. The maximum Gasteiger partial charge on any atom is 0.184 e. The average molecular weight is 275 g/mol. The van der Waals surface area contributed by atoms with Gasteiger partial charge in [-0.15, -0.1) is 11.3 Å². The number of benzene rings is 1. The fourth-order valence-electron chi connectivity index (χ4n) is 2.03. The molecule has 19 heavy (non-hydrogen) atoms. The molecule has 0 fully saturated rings. The molecule has 0 bridgehead atoms. The molecule has 0 N–H and O–H groups in total. The Morgan fingerprint density at radius 1 is 1.37 bits per heavy atom. The van der Waals surface area contributed by atoms with Crippen molar-refractivity contribution in [2.24, 2.45) is 0 Å². The second kappa shape index (κ2) is 5.21. The van der Waals surface area contributed by atoms with Gasteiger partial charge in [-0.2, -0.15) is 0 Å². The molecule has 0 aliphatic carbocycles. The number of rotatable bonds is 3. The molecule has 2 atom stereocenters. The first-order valence-corrected chi connectivity index (χ1v) is 7.49. The maximum atomic E-state index is 5.97. The molecule has 0 saturated carbocycles. The Kier molecular flexibility index (Phi) is 3.42. The van der Waals surface area contributed by atoms with Crippen LogP contribution in [0.15, 0.2) is 29.6 Å². The molecule has 0 saturated heterocycles. The molecule has 2 unspecified atom stereocenters. The van der Waals surface area contributed by atoms with Crippen LogP contribution in [-0.4, -0.2) is 11.6 Å². The third-order valence-electron chi connectivity index (χ3n) is 3.44. The molecule has 3 nitrogen and oxygen atoms in total. The van der Waals surface area contributed by atoms with Gasteiger partial charge in [-0.1, -0.05) is 26.0 Å². The summed E-state index contributed by atoms with van der Waals surface area (Å²) < 4.78 is 11.7. The van der Waals surface area contributed by atoms with Crippen LogP contribution in [0.25, 0.3) is 0 Å². The van der Waals surface area contributed by atoms with Crippen molar-refractivity contribution in [1.82, 2.24) is 4.98 Å². The highest BCUT2D eigenvalue weighted by Gasteiger charge is 2.25. The summed E-state index contributed by atoms with van der Waals surface area (Å²) in [5, 5.41) is 3.14. The third kappa shape index (κ3) is 2.45. The van der Waals surface area contributed by atoms with E-state index in [9.17, 15) is 0 Å². The number of hydrogen-bond donors (Lipinski definition) is 0. The Morgan fingerprint density at radius 2 is 2.16 bits per heavy atom. The quantitative estimate of drug-likeness (QED) is 0.842. The molecule has 3 rings (SSSR count). The van der Waals surface area contributed by atoms with E-state index in [1.54, 1.807) is 11.3 Å². The Hall–Kier alpha value is -1.55. The summed E-state index contributed by atoms with van der Waals surface area (Å²) in [6.45, 7) is 4.91. The van der Waals surface area contributed by atoms with Crippen molar-refractivity contribution >= 4 is 11.3 Å². The lowest BCUT2D eigenvalue weighted by molar-refractivity contribution is 0.0909. The van der Waals surface area contributed by atoms with E-state index in [1.807, 2.05) is 24.3 Å². The minimum atomic E-state index is -0.0855. The number of fused-ring (bicyclic) bond motifs is 1. The normalized spacial score (nSPS) is 19.2. The predicted octanol–water partition coefficient (Wildman–Crippen LogP) is 4.17. The predicted molar refractivity (Wildman–Crippen MR) is 76.1 cm³/mol. The van der Waals surface area contributed by atoms with Gasteiger partial charge in [0.15, 0.2) is 17.6 Å². The van der Waals surface area contributed by atoms with Gasteiger partial charge in [-0.05, 0) is 24.5 Å². The van der Waals surface area contributed by atoms with E-state index in [0.717, 1.165) is 28.6 Å². The molecule has 2 heterocycles. The van der Waals surface area contributed by atoms with Crippen LogP contribution in [0.5, 0.6) is 11.5 Å². The lowest BCUT2D eigenvalue weighted by Gasteiger charge is -2.24. The minimum absolute atomic E-state index is 0.0855. The summed E-state index contributed by atoms with van der Waals surface area (Å²) >= 11 is 1.66. The summed E-state index contributed by atoms with van der Waals surface area (Å²) in [5.74, 6) is 2.12. The molecule has 1 aliphatic heterocycles. The standard InChI is InChI=1S/C15H17NO2S/c1-3-10(2)11-9-19-15(16-11)14-8-17-12-6-4-5-7-13(12)18-14/h4-7,9-10,14H,3,8H2,1-2H3. The van der Waals surface area contributed by atoms with Gasteiger partial charge in [-0.3, -0.25) is 0 Å². The molecule has 2 aromatic rings. The van der Waals surface area contributed by atoms with Gasteiger partial charge in [0.2, 0.25) is 0 Å². The Morgan fingerprint density at radius 3 is 2.95 bits per heavy atom. The lowest BCUT2D eigenvalue weighted by atomic mass is 10.1. The van der Waals surface area contributed by atoms with Gasteiger partial charge in [-0.25, -0.2) is 4.98 Å². The average Bonchev–Trinajstić information content (AvgIpc) is 2.95. The second-order valence-corrected chi connectivity index (χ2v) is 5.67. The fraction of sp³-hybridized carbons (Fsp3) is 0.400. The summed E-state index contributed by atoms with van der Waals surface area (Å²) in [5.41, 5.74) is 1.16. The van der Waals surface area contributed by atoms with E-state index in [1.165, 1.54) is 0 Å². The van der Waals surface area contributed by atoms with Crippen molar-refractivity contribution in [2.75, 3.05) is 6.61 Å². The van der Waals surface area contributed by atoms with Crippen molar-refractivity contribution < 1.29 is 9.47 Å². The largest absolute Gasteiger partial charge is 0.485 e. The van der Waals surface area contributed by atoms with Crippen LogP contribution in [0, 0.1) is 0 Å². The Labute approximate surface area is 117 Å². The second-order valence-electron chi connectivity index (χ2n) is 4.78. The minimum Gasteiger partial charge on any atom is -0.485 e. The van der Waals surface area contributed by atoms with E-state index >= 15 is 0 Å². The van der Waals surface area contributed by atoms with Gasteiger partial charge in [0, 0.05) is 5.38 Å². The van der Waals surface area contributed by atoms with E-state index in [4.69, 9.17) is 14.5 Å². The smallest absolute Gasteiger partial charge is 0.184 e. The zero-order chi connectivity index (χ0) is 13.2. The number of para-hydroxylation sites is 2. The molecule has 1 aliphatic rings. The molecular weight excluding hydrogens is 258 g/mol. The lowest BCUT2D eigenvalue weighted by Crippen LogP contribution is -2.21. The number of nitrogens with zero attached hydrogens (tertiary/aromatic N) is 1. The first kappa shape index (κ1) is 12.5. The van der Waals surface area contributed by atoms with Crippen LogP contribution in [-0.2, 0) is 0 Å². The van der Waals surface area contributed by atoms with Crippen LogP contribution < -0.4 is 9.47 Å². The summed E-state index contributed by atoms with van der Waals surface area (Å²) in [7, 11) is 0. The van der Waals surface area contributed by atoms with Crippen LogP contribution in [0.4, 0.5) is 0 Å². The van der Waals surface area contributed by atoms with Gasteiger partial charge in [0.05, 0.1) is 5.69 Å². The first-order chi connectivity index (χ1) is 9.28. The van der Waals surface area contributed by atoms with Crippen LogP contribution >= 0.6 is 11.3 Å². The number of thiazole rings is 1. The molecule has 0 spiro atoms. The van der Waals surface area contributed by atoms with Crippen molar-refractivity contribution in [3.8, 4) is 11.5 Å². The molecule has 1 aromatic heterocycles. The van der Waals surface area contributed by atoms with Gasteiger partial charge in [0.1, 0.15) is 11.6 Å². The van der Waals surface area contributed by atoms with E-state index in [0.29, 0.717) is 12.5 Å². The van der Waals surface area contributed by atoms with E-state index in [-0.39, 0.29) is 6.10 Å². The van der Waals surface area contributed by atoms with Crippen LogP contribution in [0.1, 0.15) is 43.0 Å². The van der Waals surface area contributed by atoms with Crippen molar-refractivity contribution in [2.45, 2.75) is 32.3 Å². The zero-order valence-corrected chi connectivity index (χ0v) is 11.9. The molecule has 1 aromatic carbocycles. The summed E-state index contributed by atoms with van der Waals surface area (Å²) in [6.07, 6.45) is 1.02. The van der Waals surface area contributed by atoms with Crippen molar-refractivity contribution in [3.05, 3.63) is 40.3 Å². The SMILES string of the molecule is CCC(C)c1csc(C2COc3ccccc3O2)n1. The first-order valence-electron chi connectivity index (χ1n) is 6.61. The highest BCUT2D eigenvalue weighted by atomic mass is 32.1. The van der Waals surface area contributed by atoms with Crippen LogP contribution in [0.2, 0.25) is 0 Å².